The van der Waals surface area contributed by atoms with Crippen molar-refractivity contribution >= 4 is 11.8 Å². The van der Waals surface area contributed by atoms with E-state index in [1.807, 2.05) is 54.6 Å². The van der Waals surface area contributed by atoms with Gasteiger partial charge in [-0.3, -0.25) is 9.59 Å². The topological polar surface area (TPSA) is 67.9 Å². The van der Waals surface area contributed by atoms with E-state index in [0.717, 1.165) is 36.3 Å². The summed E-state index contributed by atoms with van der Waals surface area (Å²) in [5.74, 6) is 0.459. The highest BCUT2D eigenvalue weighted by molar-refractivity contribution is 5.87. The molecule has 0 radical (unpaired) electrons. The molecule has 0 bridgehead atoms. The number of hydrogen-bond acceptors (Lipinski definition) is 4. The Balaban J connectivity index is 1.78. The van der Waals surface area contributed by atoms with Gasteiger partial charge in [0.2, 0.25) is 11.8 Å². The molecule has 6 heteroatoms. The summed E-state index contributed by atoms with van der Waals surface area (Å²) in [6, 6.07) is 16.7. The van der Waals surface area contributed by atoms with Gasteiger partial charge in [0, 0.05) is 33.0 Å². The third kappa shape index (κ3) is 6.07. The van der Waals surface area contributed by atoms with Crippen molar-refractivity contribution in [3.05, 3.63) is 65.7 Å². The van der Waals surface area contributed by atoms with Crippen LogP contribution in [-0.2, 0) is 27.3 Å². The van der Waals surface area contributed by atoms with Gasteiger partial charge < -0.3 is 19.7 Å². The van der Waals surface area contributed by atoms with E-state index in [1.165, 1.54) is 6.92 Å². The second-order valence-corrected chi connectivity index (χ2v) is 7.58. The van der Waals surface area contributed by atoms with Crippen LogP contribution in [0.15, 0.2) is 54.6 Å². The van der Waals surface area contributed by atoms with E-state index in [9.17, 15) is 9.59 Å². The molecule has 2 aromatic carbocycles. The minimum atomic E-state index is -0.603. The third-order valence-electron chi connectivity index (χ3n) is 5.40. The van der Waals surface area contributed by atoms with Crippen LogP contribution in [0.5, 0.6) is 5.75 Å². The highest BCUT2D eigenvalue weighted by Crippen LogP contribution is 2.18. The lowest BCUT2D eigenvalue weighted by atomic mass is 10.0. The zero-order chi connectivity index (χ0) is 21.3. The first-order valence-electron chi connectivity index (χ1n) is 10.4. The van der Waals surface area contributed by atoms with Gasteiger partial charge in [0.25, 0.3) is 0 Å². The van der Waals surface area contributed by atoms with Crippen LogP contribution >= 0.6 is 0 Å². The summed E-state index contributed by atoms with van der Waals surface area (Å²) in [6.07, 6.45) is 2.48. The van der Waals surface area contributed by atoms with Crippen LogP contribution in [0.25, 0.3) is 0 Å². The van der Waals surface area contributed by atoms with E-state index >= 15 is 0 Å². The first kappa shape index (κ1) is 21.8. The molecule has 2 unspecified atom stereocenters. The first-order valence-corrected chi connectivity index (χ1v) is 10.4. The predicted molar refractivity (Wildman–Crippen MR) is 115 cm³/mol. The number of amides is 2. The number of carbonyl (C=O) groups is 2. The van der Waals surface area contributed by atoms with Crippen molar-refractivity contribution in [1.82, 2.24) is 10.2 Å². The maximum Gasteiger partial charge on any atom is 0.243 e. The molecule has 2 amide bonds. The smallest absolute Gasteiger partial charge is 0.243 e. The Hall–Kier alpha value is -2.86. The molecule has 0 aromatic heterocycles. The maximum atomic E-state index is 13.2. The van der Waals surface area contributed by atoms with Crippen molar-refractivity contribution in [2.45, 2.75) is 44.9 Å². The maximum absolute atomic E-state index is 13.2. The molecule has 1 N–H and O–H groups in total. The second-order valence-electron chi connectivity index (χ2n) is 7.58. The third-order valence-corrected chi connectivity index (χ3v) is 5.40. The quantitative estimate of drug-likeness (QED) is 0.690. The standard InChI is InChI=1S/C24H30N2O4/c1-18(27)26(17-20-10-12-21(29-2)13-11-20)23(15-19-7-4-3-5-8-19)24(28)25-16-22-9-6-14-30-22/h3-5,7-8,10-13,22-23H,6,9,14-17H2,1-2H3,(H,25,28). The van der Waals surface area contributed by atoms with Crippen LogP contribution in [0.3, 0.4) is 0 Å². The molecule has 1 aliphatic rings. The summed E-state index contributed by atoms with van der Waals surface area (Å²) in [4.78, 5) is 27.4. The summed E-state index contributed by atoms with van der Waals surface area (Å²) >= 11 is 0. The Morgan fingerprint density at radius 3 is 2.47 bits per heavy atom. The Morgan fingerprint density at radius 2 is 1.87 bits per heavy atom. The summed E-state index contributed by atoms with van der Waals surface area (Å²) in [5, 5.41) is 3.01. The number of hydrogen-bond donors (Lipinski definition) is 1. The lowest BCUT2D eigenvalue weighted by Crippen LogP contribution is -2.51. The number of nitrogens with zero attached hydrogens (tertiary/aromatic N) is 1. The molecule has 1 fully saturated rings. The lowest BCUT2D eigenvalue weighted by molar-refractivity contribution is -0.139. The van der Waals surface area contributed by atoms with Crippen molar-refractivity contribution in [1.29, 1.82) is 0 Å². The van der Waals surface area contributed by atoms with Gasteiger partial charge in [0.15, 0.2) is 0 Å². The van der Waals surface area contributed by atoms with Crippen molar-refractivity contribution in [3.63, 3.8) is 0 Å². The van der Waals surface area contributed by atoms with E-state index in [-0.39, 0.29) is 17.9 Å². The number of carbonyl (C=O) groups excluding carboxylic acids is 2. The van der Waals surface area contributed by atoms with Crippen LogP contribution in [0, 0.1) is 0 Å². The molecular formula is C24H30N2O4. The lowest BCUT2D eigenvalue weighted by Gasteiger charge is -2.31. The van der Waals surface area contributed by atoms with E-state index in [2.05, 4.69) is 5.32 Å². The molecule has 2 aromatic rings. The Kier molecular flexibility index (Phi) is 7.85. The summed E-state index contributed by atoms with van der Waals surface area (Å²) in [7, 11) is 1.62. The van der Waals surface area contributed by atoms with Crippen molar-refractivity contribution in [3.8, 4) is 5.75 Å². The Bertz CT molecular complexity index is 817. The van der Waals surface area contributed by atoms with Gasteiger partial charge in [-0.25, -0.2) is 0 Å². The molecule has 2 atom stereocenters. The van der Waals surface area contributed by atoms with Gasteiger partial charge >= 0.3 is 0 Å². The Morgan fingerprint density at radius 1 is 1.13 bits per heavy atom. The van der Waals surface area contributed by atoms with Crippen LogP contribution < -0.4 is 10.1 Å². The normalized spacial score (nSPS) is 16.7. The number of nitrogens with one attached hydrogen (secondary N) is 1. The van der Waals surface area contributed by atoms with E-state index < -0.39 is 6.04 Å². The largest absolute Gasteiger partial charge is 0.497 e. The van der Waals surface area contributed by atoms with Crippen LogP contribution in [-0.4, -0.2) is 49.1 Å². The molecule has 3 rings (SSSR count). The summed E-state index contributed by atoms with van der Waals surface area (Å²) in [5.41, 5.74) is 1.95. The second kappa shape index (κ2) is 10.8. The van der Waals surface area contributed by atoms with E-state index in [0.29, 0.717) is 19.5 Å². The van der Waals surface area contributed by atoms with Crippen molar-refractivity contribution in [2.75, 3.05) is 20.3 Å². The fourth-order valence-corrected chi connectivity index (χ4v) is 3.69. The van der Waals surface area contributed by atoms with Gasteiger partial charge in [-0.05, 0) is 36.1 Å². The summed E-state index contributed by atoms with van der Waals surface area (Å²) in [6.45, 7) is 3.07. The average molecular weight is 411 g/mol. The molecule has 0 saturated carbocycles. The van der Waals surface area contributed by atoms with Gasteiger partial charge in [-0.1, -0.05) is 42.5 Å². The molecular weight excluding hydrogens is 380 g/mol. The molecule has 1 heterocycles. The number of methoxy groups -OCH3 is 1. The van der Waals surface area contributed by atoms with Gasteiger partial charge in [0.1, 0.15) is 11.8 Å². The molecule has 1 saturated heterocycles. The first-order chi connectivity index (χ1) is 14.6. The molecule has 0 aliphatic carbocycles. The SMILES string of the molecule is COc1ccc(CN(C(C)=O)C(Cc2ccccc2)C(=O)NCC2CCCO2)cc1. The fraction of sp³-hybridized carbons (Fsp3) is 0.417. The number of benzene rings is 2. The predicted octanol–water partition coefficient (Wildman–Crippen LogP) is 2.95. The zero-order valence-electron chi connectivity index (χ0n) is 17.7. The van der Waals surface area contributed by atoms with Crippen LogP contribution in [0.2, 0.25) is 0 Å². The highest BCUT2D eigenvalue weighted by Gasteiger charge is 2.29. The minimum Gasteiger partial charge on any atom is -0.497 e. The van der Waals surface area contributed by atoms with Crippen LogP contribution in [0.4, 0.5) is 0 Å². The molecule has 30 heavy (non-hydrogen) atoms. The molecule has 0 spiro atoms. The van der Waals surface area contributed by atoms with Crippen LogP contribution in [0.1, 0.15) is 30.9 Å². The number of rotatable bonds is 9. The zero-order valence-corrected chi connectivity index (χ0v) is 17.7. The number of ether oxygens (including phenoxy) is 2. The summed E-state index contributed by atoms with van der Waals surface area (Å²) < 4.78 is 10.8. The monoisotopic (exact) mass is 410 g/mol. The molecule has 1 aliphatic heterocycles. The van der Waals surface area contributed by atoms with E-state index in [1.54, 1.807) is 12.0 Å². The molecule has 160 valence electrons. The van der Waals surface area contributed by atoms with Gasteiger partial charge in [0.05, 0.1) is 13.2 Å². The Labute approximate surface area is 178 Å². The van der Waals surface area contributed by atoms with Crippen molar-refractivity contribution in [2.24, 2.45) is 0 Å². The minimum absolute atomic E-state index is 0.0543. The van der Waals surface area contributed by atoms with E-state index in [4.69, 9.17) is 9.47 Å². The average Bonchev–Trinajstić information content (AvgIpc) is 3.29. The van der Waals surface area contributed by atoms with Gasteiger partial charge in [-0.2, -0.15) is 0 Å². The van der Waals surface area contributed by atoms with Crippen molar-refractivity contribution < 1.29 is 19.1 Å². The molecule has 6 nitrogen and oxygen atoms in total. The fourth-order valence-electron chi connectivity index (χ4n) is 3.69. The highest BCUT2D eigenvalue weighted by atomic mass is 16.5. The van der Waals surface area contributed by atoms with Gasteiger partial charge in [-0.15, -0.1) is 0 Å².